The molecule has 4 rings (SSSR count). The highest BCUT2D eigenvalue weighted by Gasteiger charge is 2.20. The van der Waals surface area contributed by atoms with Gasteiger partial charge in [-0.1, -0.05) is 17.4 Å². The molecule has 0 spiro atoms. The molecule has 5 nitrogen and oxygen atoms in total. The lowest BCUT2D eigenvalue weighted by Gasteiger charge is -2.28. The van der Waals surface area contributed by atoms with E-state index < -0.39 is 0 Å². The van der Waals surface area contributed by atoms with E-state index in [-0.39, 0.29) is 5.97 Å². The molecule has 0 unspecified atom stereocenters. The monoisotopic (exact) mass is 354 g/mol. The molecule has 0 saturated heterocycles. The fourth-order valence-electron chi connectivity index (χ4n) is 3.09. The van der Waals surface area contributed by atoms with Crippen molar-refractivity contribution in [2.75, 3.05) is 18.1 Å². The minimum absolute atomic E-state index is 0.300. The summed E-state index contributed by atoms with van der Waals surface area (Å²) in [5.74, 6) is 0.0183. The third-order valence-corrected chi connectivity index (χ3v) is 5.44. The van der Waals surface area contributed by atoms with Gasteiger partial charge in [0, 0.05) is 13.1 Å². The fourth-order valence-corrected chi connectivity index (χ4v) is 4.12. The Morgan fingerprint density at radius 1 is 1.28 bits per heavy atom. The number of benzene rings is 2. The lowest BCUT2D eigenvalue weighted by molar-refractivity contribution is 0.0526. The predicted octanol–water partition coefficient (Wildman–Crippen LogP) is 3.74. The number of phenolic OH excluding ortho intramolecular Hbond substituents is 1. The number of ether oxygens (including phenoxy) is 1. The van der Waals surface area contributed by atoms with E-state index >= 15 is 0 Å². The highest BCUT2D eigenvalue weighted by molar-refractivity contribution is 7.22. The van der Waals surface area contributed by atoms with E-state index in [4.69, 9.17) is 9.72 Å². The van der Waals surface area contributed by atoms with E-state index in [0.29, 0.717) is 17.9 Å². The SMILES string of the molecule is CCOC(=O)c1ccc2nc(N3CCc4cc(O)ccc4C3)sc2c1. The summed E-state index contributed by atoms with van der Waals surface area (Å²) in [6, 6.07) is 11.0. The number of hydrogen-bond donors (Lipinski definition) is 1. The predicted molar refractivity (Wildman–Crippen MR) is 98.4 cm³/mol. The zero-order valence-corrected chi connectivity index (χ0v) is 14.7. The lowest BCUT2D eigenvalue weighted by Crippen LogP contribution is -2.30. The number of nitrogens with zero attached hydrogens (tertiary/aromatic N) is 2. The maximum Gasteiger partial charge on any atom is 0.338 e. The minimum atomic E-state index is -0.300. The third-order valence-electron chi connectivity index (χ3n) is 4.36. The van der Waals surface area contributed by atoms with Crippen LogP contribution < -0.4 is 4.90 Å². The van der Waals surface area contributed by atoms with Gasteiger partial charge in [-0.05, 0) is 54.8 Å². The standard InChI is InChI=1S/C19H18N2O3S/c1-2-24-18(23)13-4-6-16-17(10-13)25-19(20-16)21-8-7-12-9-15(22)5-3-14(12)11-21/h3-6,9-10,22H,2,7-8,11H2,1H3. The summed E-state index contributed by atoms with van der Waals surface area (Å²) < 4.78 is 6.05. The minimum Gasteiger partial charge on any atom is -0.508 e. The fraction of sp³-hybridized carbons (Fsp3) is 0.263. The first-order valence-electron chi connectivity index (χ1n) is 8.27. The maximum atomic E-state index is 11.9. The van der Waals surface area contributed by atoms with Crippen LogP contribution in [0.4, 0.5) is 5.13 Å². The van der Waals surface area contributed by atoms with Crippen LogP contribution in [-0.4, -0.2) is 29.2 Å². The number of carbonyl (C=O) groups is 1. The van der Waals surface area contributed by atoms with Gasteiger partial charge in [0.1, 0.15) is 5.75 Å². The second kappa shape index (κ2) is 6.37. The van der Waals surface area contributed by atoms with Crippen LogP contribution in [0.25, 0.3) is 10.2 Å². The number of fused-ring (bicyclic) bond motifs is 2. The van der Waals surface area contributed by atoms with Crippen molar-refractivity contribution in [1.82, 2.24) is 4.98 Å². The second-order valence-corrected chi connectivity index (χ2v) is 7.03. The van der Waals surface area contributed by atoms with Crippen LogP contribution in [0.15, 0.2) is 36.4 Å². The van der Waals surface area contributed by atoms with Gasteiger partial charge in [0.2, 0.25) is 0 Å². The summed E-state index contributed by atoms with van der Waals surface area (Å²) in [5.41, 5.74) is 3.87. The summed E-state index contributed by atoms with van der Waals surface area (Å²) in [6.07, 6.45) is 0.883. The Labute approximate surface area is 149 Å². The average molecular weight is 354 g/mol. The van der Waals surface area contributed by atoms with Crippen molar-refractivity contribution in [3.8, 4) is 5.75 Å². The number of esters is 1. The molecule has 0 aliphatic carbocycles. The van der Waals surface area contributed by atoms with E-state index in [1.165, 1.54) is 11.1 Å². The van der Waals surface area contributed by atoms with Crippen molar-refractivity contribution in [3.05, 3.63) is 53.1 Å². The average Bonchev–Trinajstić information content (AvgIpc) is 3.04. The Morgan fingerprint density at radius 3 is 3.00 bits per heavy atom. The van der Waals surface area contributed by atoms with Gasteiger partial charge in [0.25, 0.3) is 0 Å². The van der Waals surface area contributed by atoms with E-state index in [2.05, 4.69) is 4.90 Å². The lowest BCUT2D eigenvalue weighted by atomic mass is 10.00. The smallest absolute Gasteiger partial charge is 0.338 e. The molecule has 0 amide bonds. The molecule has 6 heteroatoms. The van der Waals surface area contributed by atoms with Crippen molar-refractivity contribution in [2.45, 2.75) is 19.9 Å². The number of carbonyl (C=O) groups excluding carboxylic acids is 1. The number of rotatable bonds is 3. The molecule has 0 saturated carbocycles. The highest BCUT2D eigenvalue weighted by atomic mass is 32.1. The van der Waals surface area contributed by atoms with Crippen molar-refractivity contribution < 1.29 is 14.6 Å². The Bertz CT molecular complexity index is 951. The maximum absolute atomic E-state index is 11.9. The second-order valence-electron chi connectivity index (χ2n) is 6.02. The molecule has 1 N–H and O–H groups in total. The largest absolute Gasteiger partial charge is 0.508 e. The first-order chi connectivity index (χ1) is 12.1. The normalized spacial score (nSPS) is 13.7. The summed E-state index contributed by atoms with van der Waals surface area (Å²) in [4.78, 5) is 18.9. The van der Waals surface area contributed by atoms with Gasteiger partial charge in [-0.15, -0.1) is 0 Å². The van der Waals surface area contributed by atoms with Crippen molar-refractivity contribution in [2.24, 2.45) is 0 Å². The van der Waals surface area contributed by atoms with Crippen LogP contribution in [0, 0.1) is 0 Å². The Kier molecular flexibility index (Phi) is 4.05. The molecule has 0 fully saturated rings. The van der Waals surface area contributed by atoms with Crippen molar-refractivity contribution >= 4 is 32.7 Å². The Hall–Kier alpha value is -2.60. The Morgan fingerprint density at radius 2 is 2.16 bits per heavy atom. The molecule has 128 valence electrons. The molecule has 1 aliphatic rings. The molecule has 3 aromatic rings. The zero-order chi connectivity index (χ0) is 17.4. The molecular weight excluding hydrogens is 336 g/mol. The summed E-state index contributed by atoms with van der Waals surface area (Å²) >= 11 is 1.59. The summed E-state index contributed by atoms with van der Waals surface area (Å²) in [6.45, 7) is 3.81. The van der Waals surface area contributed by atoms with Gasteiger partial charge in [0.15, 0.2) is 5.13 Å². The first kappa shape index (κ1) is 15.9. The molecule has 0 radical (unpaired) electrons. The third kappa shape index (κ3) is 3.05. The van der Waals surface area contributed by atoms with Gasteiger partial charge in [-0.25, -0.2) is 9.78 Å². The topological polar surface area (TPSA) is 62.7 Å². The summed E-state index contributed by atoms with van der Waals surface area (Å²) in [5, 5.41) is 10.6. The van der Waals surface area contributed by atoms with Crippen LogP contribution in [-0.2, 0) is 17.7 Å². The molecule has 1 aliphatic heterocycles. The molecule has 2 heterocycles. The van der Waals surface area contributed by atoms with Gasteiger partial charge in [-0.2, -0.15) is 0 Å². The molecule has 0 atom stereocenters. The molecular formula is C19H18N2O3S. The number of thiazole rings is 1. The van der Waals surface area contributed by atoms with Gasteiger partial charge in [0.05, 0.1) is 22.4 Å². The summed E-state index contributed by atoms with van der Waals surface area (Å²) in [7, 11) is 0. The van der Waals surface area contributed by atoms with E-state index in [9.17, 15) is 9.90 Å². The van der Waals surface area contributed by atoms with Crippen LogP contribution in [0.1, 0.15) is 28.4 Å². The first-order valence-corrected chi connectivity index (χ1v) is 9.09. The van der Waals surface area contributed by atoms with Crippen molar-refractivity contribution in [1.29, 1.82) is 0 Å². The van der Waals surface area contributed by atoms with Crippen LogP contribution in [0.3, 0.4) is 0 Å². The van der Waals surface area contributed by atoms with E-state index in [1.807, 2.05) is 24.3 Å². The number of anilines is 1. The quantitative estimate of drug-likeness (QED) is 0.726. The van der Waals surface area contributed by atoms with E-state index in [0.717, 1.165) is 34.9 Å². The number of aromatic hydroxyl groups is 1. The molecule has 0 bridgehead atoms. The van der Waals surface area contributed by atoms with Gasteiger partial charge < -0.3 is 14.7 Å². The van der Waals surface area contributed by atoms with Crippen LogP contribution in [0.2, 0.25) is 0 Å². The van der Waals surface area contributed by atoms with Crippen molar-refractivity contribution in [3.63, 3.8) is 0 Å². The highest BCUT2D eigenvalue weighted by Crippen LogP contribution is 2.33. The molecule has 25 heavy (non-hydrogen) atoms. The Balaban J connectivity index is 1.62. The van der Waals surface area contributed by atoms with Crippen LogP contribution >= 0.6 is 11.3 Å². The molecule has 2 aromatic carbocycles. The zero-order valence-electron chi connectivity index (χ0n) is 13.9. The number of phenols is 1. The van der Waals surface area contributed by atoms with E-state index in [1.54, 1.807) is 30.4 Å². The van der Waals surface area contributed by atoms with Gasteiger partial charge in [-0.3, -0.25) is 0 Å². The molecule has 1 aromatic heterocycles. The number of aromatic nitrogens is 1. The van der Waals surface area contributed by atoms with Crippen LogP contribution in [0.5, 0.6) is 5.75 Å². The number of hydrogen-bond acceptors (Lipinski definition) is 6. The van der Waals surface area contributed by atoms with Gasteiger partial charge >= 0.3 is 5.97 Å².